The smallest absolute Gasteiger partial charge is 0.258 e. The van der Waals surface area contributed by atoms with E-state index in [-0.39, 0.29) is 9.79 Å². The average Bonchev–Trinajstić information content (AvgIpc) is 2.57. The SMILES string of the molecule is CS(=O)(=O)c1cccc(SSc2cccc(S(C)(=O)=O)c2[N+](=O)[O-])c1[N+](=O)[O-]. The second kappa shape index (κ2) is 8.06. The van der Waals surface area contributed by atoms with Crippen molar-refractivity contribution in [3.63, 3.8) is 0 Å². The molecule has 0 heterocycles. The van der Waals surface area contributed by atoms with Crippen molar-refractivity contribution in [2.24, 2.45) is 0 Å². The fraction of sp³-hybridized carbons (Fsp3) is 0.143. The van der Waals surface area contributed by atoms with Gasteiger partial charge >= 0.3 is 11.4 Å². The van der Waals surface area contributed by atoms with Crippen LogP contribution in [0.3, 0.4) is 0 Å². The molecule has 28 heavy (non-hydrogen) atoms. The maximum atomic E-state index is 11.8. The van der Waals surface area contributed by atoms with Crippen LogP contribution >= 0.6 is 21.6 Å². The number of para-hydroxylation sites is 2. The van der Waals surface area contributed by atoms with Crippen LogP contribution in [-0.4, -0.2) is 39.2 Å². The van der Waals surface area contributed by atoms with E-state index in [0.29, 0.717) is 0 Å². The van der Waals surface area contributed by atoms with Gasteiger partial charge in [-0.2, -0.15) is 0 Å². The molecule has 0 radical (unpaired) electrons. The first-order chi connectivity index (χ1) is 12.8. The molecule has 0 aromatic heterocycles. The van der Waals surface area contributed by atoms with Crippen LogP contribution in [0, 0.1) is 20.2 Å². The predicted octanol–water partition coefficient (Wildman–Crippen LogP) is 3.11. The van der Waals surface area contributed by atoms with Crippen molar-refractivity contribution >= 4 is 52.6 Å². The zero-order valence-corrected chi connectivity index (χ0v) is 17.5. The van der Waals surface area contributed by atoms with Gasteiger partial charge < -0.3 is 0 Å². The molecule has 0 spiro atoms. The molecule has 0 saturated heterocycles. The maximum absolute atomic E-state index is 11.8. The predicted molar refractivity (Wildman–Crippen MR) is 104 cm³/mol. The lowest BCUT2D eigenvalue weighted by molar-refractivity contribution is -0.391. The van der Waals surface area contributed by atoms with Crippen molar-refractivity contribution in [2.45, 2.75) is 19.6 Å². The summed E-state index contributed by atoms with van der Waals surface area (Å²) >= 11 is 0. The molecule has 14 heteroatoms. The van der Waals surface area contributed by atoms with E-state index in [9.17, 15) is 37.1 Å². The van der Waals surface area contributed by atoms with E-state index in [1.165, 1.54) is 24.3 Å². The average molecular weight is 465 g/mol. The molecular formula is C14H12N2O8S4. The molecule has 0 aliphatic carbocycles. The van der Waals surface area contributed by atoms with Gasteiger partial charge in [-0.05, 0) is 45.9 Å². The first-order valence-electron chi connectivity index (χ1n) is 7.13. The summed E-state index contributed by atoms with van der Waals surface area (Å²) in [4.78, 5) is 20.0. The molecule has 10 nitrogen and oxygen atoms in total. The third kappa shape index (κ3) is 4.81. The molecule has 150 valence electrons. The second-order valence-electron chi connectivity index (χ2n) is 5.43. The van der Waals surface area contributed by atoms with Gasteiger partial charge in [0.25, 0.3) is 0 Å². The first kappa shape index (κ1) is 22.1. The van der Waals surface area contributed by atoms with Crippen LogP contribution in [0.5, 0.6) is 0 Å². The summed E-state index contributed by atoms with van der Waals surface area (Å²) in [6, 6.07) is 7.42. The van der Waals surface area contributed by atoms with Gasteiger partial charge in [0.2, 0.25) is 0 Å². The zero-order chi connectivity index (χ0) is 21.3. The zero-order valence-electron chi connectivity index (χ0n) is 14.3. The third-order valence-electron chi connectivity index (χ3n) is 3.31. The van der Waals surface area contributed by atoms with Crippen molar-refractivity contribution in [3.05, 3.63) is 56.6 Å². The molecule has 0 amide bonds. The standard InChI is InChI=1S/C14H12N2O8S4/c1-27(21,22)11-7-3-5-9(13(11)15(17)18)25-26-10-6-4-8-12(28(2,23)24)14(10)16(19)20/h3-8H,1-2H3. The van der Waals surface area contributed by atoms with E-state index in [1.807, 2.05) is 0 Å². The van der Waals surface area contributed by atoms with Crippen molar-refractivity contribution in [1.82, 2.24) is 0 Å². The van der Waals surface area contributed by atoms with Crippen LogP contribution < -0.4 is 0 Å². The Morgan fingerprint density at radius 2 is 1.04 bits per heavy atom. The third-order valence-corrected chi connectivity index (χ3v) is 7.99. The van der Waals surface area contributed by atoms with Crippen LogP contribution in [0.15, 0.2) is 56.0 Å². The lowest BCUT2D eigenvalue weighted by atomic mass is 10.3. The Labute approximate surface area is 167 Å². The summed E-state index contributed by atoms with van der Waals surface area (Å²) in [6.07, 6.45) is 1.66. The van der Waals surface area contributed by atoms with Gasteiger partial charge in [-0.1, -0.05) is 12.1 Å². The van der Waals surface area contributed by atoms with Gasteiger partial charge in [0.15, 0.2) is 19.7 Å². The maximum Gasteiger partial charge on any atom is 0.302 e. The van der Waals surface area contributed by atoms with Crippen molar-refractivity contribution in [2.75, 3.05) is 12.5 Å². The first-order valence-corrected chi connectivity index (χ1v) is 13.1. The fourth-order valence-electron chi connectivity index (χ4n) is 2.19. The largest absolute Gasteiger partial charge is 0.302 e. The normalized spacial score (nSPS) is 11.9. The van der Waals surface area contributed by atoms with Gasteiger partial charge in [0, 0.05) is 12.5 Å². The molecule has 2 rings (SSSR count). The van der Waals surface area contributed by atoms with E-state index < -0.39 is 50.7 Å². The topological polar surface area (TPSA) is 155 Å². The summed E-state index contributed by atoms with van der Waals surface area (Å²) in [5.74, 6) is 0. The lowest BCUT2D eigenvalue weighted by Gasteiger charge is -2.08. The molecule has 0 bridgehead atoms. The number of hydrogen-bond donors (Lipinski definition) is 0. The highest BCUT2D eigenvalue weighted by Crippen LogP contribution is 2.47. The Balaban J connectivity index is 2.55. The number of hydrogen-bond acceptors (Lipinski definition) is 10. The molecule has 2 aromatic carbocycles. The van der Waals surface area contributed by atoms with Crippen molar-refractivity contribution < 1.29 is 26.7 Å². The number of nitro groups is 2. The monoisotopic (exact) mass is 464 g/mol. The molecule has 0 aliphatic rings. The summed E-state index contributed by atoms with van der Waals surface area (Å²) < 4.78 is 47.2. The lowest BCUT2D eigenvalue weighted by Crippen LogP contribution is -2.04. The highest BCUT2D eigenvalue weighted by Gasteiger charge is 2.29. The minimum atomic E-state index is -3.88. The van der Waals surface area contributed by atoms with E-state index in [1.54, 1.807) is 0 Å². The molecule has 0 atom stereocenters. The van der Waals surface area contributed by atoms with Crippen LogP contribution in [-0.2, 0) is 19.7 Å². The summed E-state index contributed by atoms with van der Waals surface area (Å²) in [6.45, 7) is 0. The van der Waals surface area contributed by atoms with Gasteiger partial charge in [-0.3, -0.25) is 20.2 Å². The van der Waals surface area contributed by atoms with E-state index in [2.05, 4.69) is 0 Å². The van der Waals surface area contributed by atoms with Crippen LogP contribution in [0.25, 0.3) is 0 Å². The van der Waals surface area contributed by atoms with Crippen LogP contribution in [0.1, 0.15) is 0 Å². The molecular weight excluding hydrogens is 452 g/mol. The highest BCUT2D eigenvalue weighted by atomic mass is 33.1. The minimum absolute atomic E-state index is 0.0445. The number of rotatable bonds is 7. The van der Waals surface area contributed by atoms with E-state index in [0.717, 1.165) is 46.2 Å². The van der Waals surface area contributed by atoms with E-state index in [4.69, 9.17) is 0 Å². The quantitative estimate of drug-likeness (QED) is 0.339. The molecule has 0 aliphatic heterocycles. The number of benzene rings is 2. The van der Waals surface area contributed by atoms with Gasteiger partial charge in [-0.15, -0.1) is 0 Å². The van der Waals surface area contributed by atoms with Crippen LogP contribution in [0.4, 0.5) is 11.4 Å². The molecule has 0 fully saturated rings. The summed E-state index contributed by atoms with van der Waals surface area (Å²) in [5.41, 5.74) is -1.30. The fourth-order valence-corrected chi connectivity index (χ4v) is 6.36. The Morgan fingerprint density at radius 1 is 0.714 bits per heavy atom. The number of sulfone groups is 2. The minimum Gasteiger partial charge on any atom is -0.258 e. The Morgan fingerprint density at radius 3 is 1.29 bits per heavy atom. The van der Waals surface area contributed by atoms with Gasteiger partial charge in [0.1, 0.15) is 9.79 Å². The Hall–Kier alpha value is -2.16. The van der Waals surface area contributed by atoms with Crippen molar-refractivity contribution in [3.8, 4) is 0 Å². The molecule has 0 N–H and O–H groups in total. The second-order valence-corrected chi connectivity index (χ2v) is 11.6. The Bertz CT molecular complexity index is 1080. The summed E-state index contributed by atoms with van der Waals surface area (Å²) in [5, 5.41) is 22.8. The van der Waals surface area contributed by atoms with Gasteiger partial charge in [-0.25, -0.2) is 16.8 Å². The molecule has 0 unspecified atom stereocenters. The number of nitrogens with zero attached hydrogens (tertiary/aromatic N) is 2. The molecule has 2 aromatic rings. The van der Waals surface area contributed by atoms with Gasteiger partial charge in [0.05, 0.1) is 19.6 Å². The van der Waals surface area contributed by atoms with E-state index >= 15 is 0 Å². The number of nitro benzene ring substituents is 2. The molecule has 0 saturated carbocycles. The van der Waals surface area contributed by atoms with Crippen LogP contribution in [0.2, 0.25) is 0 Å². The highest BCUT2D eigenvalue weighted by molar-refractivity contribution is 8.76. The Kier molecular flexibility index (Phi) is 6.37. The van der Waals surface area contributed by atoms with Crippen molar-refractivity contribution in [1.29, 1.82) is 0 Å². The summed E-state index contributed by atoms with van der Waals surface area (Å²) in [7, 11) is -6.32.